The van der Waals surface area contributed by atoms with Crippen LogP contribution in [0.1, 0.15) is 57.9 Å². The number of nitro benzene ring substituents is 1. The molecule has 0 saturated carbocycles. The van der Waals surface area contributed by atoms with Gasteiger partial charge in [0, 0.05) is 12.1 Å². The maximum absolute atomic E-state index is 13.9. The molecule has 0 radical (unpaired) electrons. The zero-order chi connectivity index (χ0) is 31.7. The Kier molecular flexibility index (Phi) is 9.81. The van der Waals surface area contributed by atoms with Gasteiger partial charge in [-0.3, -0.25) is 19.7 Å². The molecule has 12 heteroatoms. The van der Waals surface area contributed by atoms with Crippen LogP contribution in [0.15, 0.2) is 53.1 Å². The Morgan fingerprint density at radius 2 is 2.00 bits per heavy atom. The molecule has 44 heavy (non-hydrogen) atoms. The number of imide groups is 1. The van der Waals surface area contributed by atoms with Crippen molar-refractivity contribution in [2.45, 2.75) is 64.8 Å². The summed E-state index contributed by atoms with van der Waals surface area (Å²) >= 11 is 2.07. The Morgan fingerprint density at radius 1 is 1.23 bits per heavy atom. The number of allylic oxidation sites excluding steroid dienone is 2. The third-order valence-electron chi connectivity index (χ3n) is 8.98. The van der Waals surface area contributed by atoms with Crippen molar-refractivity contribution in [1.29, 1.82) is 0 Å². The first-order valence-corrected chi connectivity index (χ1v) is 16.1. The van der Waals surface area contributed by atoms with Gasteiger partial charge in [-0.1, -0.05) is 43.6 Å². The number of carbonyl (C=O) groups excluding carboxylic acids is 2. The summed E-state index contributed by atoms with van der Waals surface area (Å²) < 4.78 is 12.2. The number of halogens is 1. The average molecular weight is 714 g/mol. The van der Waals surface area contributed by atoms with Crippen LogP contribution in [0.4, 0.5) is 11.4 Å². The smallest absolute Gasteiger partial charge is 0.455 e. The van der Waals surface area contributed by atoms with Crippen LogP contribution in [-0.2, 0) is 14.2 Å². The van der Waals surface area contributed by atoms with E-state index in [1.165, 1.54) is 25.3 Å². The number of anilines is 1. The summed E-state index contributed by atoms with van der Waals surface area (Å²) in [4.78, 5) is 39.6. The molecule has 10 nitrogen and oxygen atoms in total. The van der Waals surface area contributed by atoms with Crippen molar-refractivity contribution in [2.24, 2.45) is 17.8 Å². The predicted molar refractivity (Wildman–Crippen MR) is 175 cm³/mol. The van der Waals surface area contributed by atoms with E-state index in [1.54, 1.807) is 12.1 Å². The molecule has 2 aliphatic heterocycles. The summed E-state index contributed by atoms with van der Waals surface area (Å²) in [5.41, 5.74) is 4.21. The number of benzene rings is 2. The Bertz CT molecular complexity index is 1540. The first-order valence-electron chi connectivity index (χ1n) is 15.0. The highest BCUT2D eigenvalue weighted by Gasteiger charge is 2.57. The number of aromatic hydroxyl groups is 1. The van der Waals surface area contributed by atoms with Gasteiger partial charge in [0.05, 0.1) is 39.2 Å². The number of fused-ring (bicyclic) bond motifs is 3. The molecule has 2 aromatic carbocycles. The zero-order valence-corrected chi connectivity index (χ0v) is 27.2. The molecular formula is C32H36BIN2O8. The molecule has 2 saturated heterocycles. The topological polar surface area (TPSA) is 139 Å². The monoisotopic (exact) mass is 714 g/mol. The molecular weight excluding hydrogens is 678 g/mol. The maximum atomic E-state index is 13.9. The molecule has 2 heterocycles. The van der Waals surface area contributed by atoms with Gasteiger partial charge in [-0.05, 0) is 96.3 Å². The first kappa shape index (κ1) is 32.2. The second-order valence-corrected chi connectivity index (χ2v) is 12.8. The van der Waals surface area contributed by atoms with E-state index in [0.717, 1.165) is 46.4 Å². The van der Waals surface area contributed by atoms with E-state index < -0.39 is 30.0 Å². The number of phenols is 1. The fraction of sp³-hybridized carbons (Fsp3) is 0.438. The van der Waals surface area contributed by atoms with Gasteiger partial charge in [-0.2, -0.15) is 0 Å². The van der Waals surface area contributed by atoms with Crippen LogP contribution in [0.3, 0.4) is 0 Å². The lowest BCUT2D eigenvalue weighted by molar-refractivity contribution is -0.384. The summed E-state index contributed by atoms with van der Waals surface area (Å²) in [6.07, 6.45) is 5.99. The Labute approximate surface area is 270 Å². The van der Waals surface area contributed by atoms with Crippen molar-refractivity contribution in [3.63, 3.8) is 0 Å². The van der Waals surface area contributed by atoms with E-state index in [2.05, 4.69) is 42.5 Å². The van der Waals surface area contributed by atoms with Gasteiger partial charge in [0.1, 0.15) is 0 Å². The van der Waals surface area contributed by atoms with E-state index in [1.807, 2.05) is 6.07 Å². The standard InChI is InChI=1S/C32H36BIN2O8/c1-4-7-20-15-23-29(32(39)35(31(23)38)21-8-6-9-22(16-21)36(41)42)24-17-33(40)44-26(28(20)24)11-10-18(5-2)12-19-13-25(34)30(37)27(14-19)43-3/h6,8-9,12-14,16,23-24,26,29,37,40H,4-5,7,10-11,15,17H2,1-3H3/b18-12+/t23-,24+,26-,29-/m1/s1. The highest BCUT2D eigenvalue weighted by Crippen LogP contribution is 2.52. The molecule has 0 bridgehead atoms. The molecule has 2 amide bonds. The molecule has 0 spiro atoms. The lowest BCUT2D eigenvalue weighted by atomic mass is 9.58. The van der Waals surface area contributed by atoms with E-state index in [0.29, 0.717) is 28.6 Å². The summed E-state index contributed by atoms with van der Waals surface area (Å²) in [5.74, 6) is -1.82. The first-order chi connectivity index (χ1) is 21.1. The van der Waals surface area contributed by atoms with E-state index >= 15 is 0 Å². The summed E-state index contributed by atoms with van der Waals surface area (Å²) in [7, 11) is 0.436. The largest absolute Gasteiger partial charge is 0.504 e. The average Bonchev–Trinajstić information content (AvgIpc) is 3.25. The van der Waals surface area contributed by atoms with Gasteiger partial charge in [0.15, 0.2) is 11.5 Å². The van der Waals surface area contributed by atoms with Gasteiger partial charge in [-0.25, -0.2) is 4.90 Å². The normalized spacial score (nSPS) is 23.6. The number of carbonyl (C=O) groups is 2. The minimum absolute atomic E-state index is 0.105. The molecule has 0 unspecified atom stereocenters. The van der Waals surface area contributed by atoms with Crippen molar-refractivity contribution >= 4 is 59.0 Å². The van der Waals surface area contributed by atoms with Crippen LogP contribution in [0.2, 0.25) is 6.32 Å². The van der Waals surface area contributed by atoms with Gasteiger partial charge in [-0.15, -0.1) is 0 Å². The Hall–Kier alpha value is -3.23. The van der Waals surface area contributed by atoms with Gasteiger partial charge < -0.3 is 19.5 Å². The van der Waals surface area contributed by atoms with Crippen LogP contribution in [0, 0.1) is 31.4 Å². The fourth-order valence-corrected chi connectivity index (χ4v) is 7.66. The number of non-ortho nitro benzene ring substituents is 1. The second kappa shape index (κ2) is 13.4. The van der Waals surface area contributed by atoms with E-state index in [4.69, 9.17) is 9.39 Å². The van der Waals surface area contributed by atoms with E-state index in [-0.39, 0.29) is 41.2 Å². The summed E-state index contributed by atoms with van der Waals surface area (Å²) in [6, 6.07) is 9.31. The van der Waals surface area contributed by atoms with Crippen LogP contribution in [0.25, 0.3) is 6.08 Å². The van der Waals surface area contributed by atoms with Gasteiger partial charge in [0.2, 0.25) is 11.8 Å². The number of rotatable bonds is 10. The number of hydrogen-bond acceptors (Lipinski definition) is 8. The number of methoxy groups -OCH3 is 1. The quantitative estimate of drug-likeness (QED) is 0.0732. The van der Waals surface area contributed by atoms with Gasteiger partial charge in [0.25, 0.3) is 5.69 Å². The summed E-state index contributed by atoms with van der Waals surface area (Å²) in [6.45, 7) is 4.15. The maximum Gasteiger partial charge on any atom is 0.455 e. The molecule has 4 atom stereocenters. The summed E-state index contributed by atoms with van der Waals surface area (Å²) in [5, 5.41) is 32.5. The van der Waals surface area contributed by atoms with Crippen molar-refractivity contribution in [3.05, 3.63) is 72.4 Å². The highest BCUT2D eigenvalue weighted by atomic mass is 127. The van der Waals surface area contributed by atoms with Crippen molar-refractivity contribution in [3.8, 4) is 11.5 Å². The molecule has 2 N–H and O–H groups in total. The third-order valence-corrected chi connectivity index (χ3v) is 9.80. The fourth-order valence-electron chi connectivity index (χ4n) is 7.04. The number of amides is 2. The second-order valence-electron chi connectivity index (χ2n) is 11.6. The third kappa shape index (κ3) is 6.16. The number of hydrogen-bond donors (Lipinski definition) is 2. The number of phenolic OH excluding ortho intramolecular Hbond substituents is 1. The Morgan fingerprint density at radius 3 is 2.68 bits per heavy atom. The molecule has 232 valence electrons. The molecule has 5 rings (SSSR count). The zero-order valence-electron chi connectivity index (χ0n) is 25.0. The lowest BCUT2D eigenvalue weighted by Gasteiger charge is -2.43. The van der Waals surface area contributed by atoms with Crippen LogP contribution in [-0.4, -0.2) is 47.2 Å². The molecule has 2 fully saturated rings. The Balaban J connectivity index is 1.44. The lowest BCUT2D eigenvalue weighted by Crippen LogP contribution is -2.46. The SMILES string of the molecule is CCCC1=C2[C@@H](CC/C(=C/c3cc(I)c(O)c(OC)c3)CC)OB(O)C[C@@H]2[C@@H]2C(=O)N(c3cccc([N+](=O)[O-])c3)C(=O)[C@@H]2C1. The highest BCUT2D eigenvalue weighted by molar-refractivity contribution is 14.1. The number of nitrogens with zero attached hydrogens (tertiary/aromatic N) is 2. The predicted octanol–water partition coefficient (Wildman–Crippen LogP) is 6.29. The van der Waals surface area contributed by atoms with Crippen molar-refractivity contribution in [2.75, 3.05) is 12.0 Å². The molecule has 1 aliphatic carbocycles. The minimum atomic E-state index is -1.08. The number of ether oxygens (including phenoxy) is 1. The molecule has 3 aliphatic rings. The van der Waals surface area contributed by atoms with Crippen molar-refractivity contribution in [1.82, 2.24) is 0 Å². The van der Waals surface area contributed by atoms with Crippen LogP contribution < -0.4 is 9.64 Å². The van der Waals surface area contributed by atoms with Crippen molar-refractivity contribution < 1.29 is 34.0 Å². The number of nitro groups is 1. The van der Waals surface area contributed by atoms with E-state index in [9.17, 15) is 29.8 Å². The molecule has 0 aromatic heterocycles. The molecule has 2 aromatic rings. The van der Waals surface area contributed by atoms with Gasteiger partial charge >= 0.3 is 7.12 Å². The van der Waals surface area contributed by atoms with Crippen LogP contribution in [0.5, 0.6) is 11.5 Å². The van der Waals surface area contributed by atoms with Crippen LogP contribution >= 0.6 is 22.6 Å². The minimum Gasteiger partial charge on any atom is -0.504 e.